The maximum Gasteiger partial charge on any atom is 0.256 e. The average Bonchev–Trinajstić information content (AvgIpc) is 2.71. The van der Waals surface area contributed by atoms with Crippen molar-refractivity contribution in [3.63, 3.8) is 0 Å². The summed E-state index contributed by atoms with van der Waals surface area (Å²) in [6.45, 7) is 0. The first-order chi connectivity index (χ1) is 13.5. The molecule has 0 unspecified atom stereocenters. The molecule has 0 fully saturated rings. The number of carbonyl (C=O) groups excluding carboxylic acids is 1. The Bertz CT molecular complexity index is 994. The zero-order valence-corrected chi connectivity index (χ0v) is 15.1. The van der Waals surface area contributed by atoms with Gasteiger partial charge in [-0.25, -0.2) is 13.8 Å². The first kappa shape index (κ1) is 19.1. The number of benzene rings is 2. The number of carbonyl (C=O) groups is 1. The van der Waals surface area contributed by atoms with Gasteiger partial charge in [-0.1, -0.05) is 0 Å². The molecule has 1 heterocycles. The Balaban J connectivity index is 1.68. The predicted molar refractivity (Wildman–Crippen MR) is 101 cm³/mol. The number of pyridine rings is 1. The molecule has 0 saturated carbocycles. The lowest BCUT2D eigenvalue weighted by Crippen LogP contribution is -2.13. The van der Waals surface area contributed by atoms with E-state index in [2.05, 4.69) is 15.6 Å². The molecule has 144 valence electrons. The normalized spacial score (nSPS) is 10.3. The van der Waals surface area contributed by atoms with Crippen LogP contribution in [0.3, 0.4) is 0 Å². The third-order valence-corrected chi connectivity index (χ3v) is 3.86. The molecule has 0 aliphatic heterocycles. The zero-order valence-electron chi connectivity index (χ0n) is 15.1. The lowest BCUT2D eigenvalue weighted by molar-refractivity contribution is 0.102. The minimum Gasteiger partial charge on any atom is -0.493 e. The third kappa shape index (κ3) is 4.35. The van der Waals surface area contributed by atoms with Gasteiger partial charge in [0.15, 0.2) is 23.1 Å². The van der Waals surface area contributed by atoms with E-state index >= 15 is 0 Å². The first-order valence-electron chi connectivity index (χ1n) is 8.21. The summed E-state index contributed by atoms with van der Waals surface area (Å²) >= 11 is 0. The number of amides is 1. The Morgan fingerprint density at radius 3 is 2.29 bits per heavy atom. The van der Waals surface area contributed by atoms with E-state index in [4.69, 9.17) is 9.47 Å². The van der Waals surface area contributed by atoms with E-state index in [1.165, 1.54) is 26.5 Å². The van der Waals surface area contributed by atoms with E-state index in [0.29, 0.717) is 34.3 Å². The van der Waals surface area contributed by atoms with Crippen molar-refractivity contribution < 1.29 is 23.0 Å². The standard InChI is InChI=1S/C20H17F2N3O3/c1-27-17-7-3-12(9-18(17)28-2)20(26)25-19-8-5-14(11-23-19)24-13-4-6-15(21)16(22)10-13/h3-11,24H,1-2H3,(H,23,25,26). The molecule has 2 N–H and O–H groups in total. The number of methoxy groups -OCH3 is 2. The van der Waals surface area contributed by atoms with Gasteiger partial charge in [0.2, 0.25) is 0 Å². The molecule has 8 heteroatoms. The highest BCUT2D eigenvalue weighted by atomic mass is 19.2. The van der Waals surface area contributed by atoms with Crippen LogP contribution >= 0.6 is 0 Å². The van der Waals surface area contributed by atoms with Gasteiger partial charge in [0.05, 0.1) is 26.1 Å². The summed E-state index contributed by atoms with van der Waals surface area (Å²) in [6, 6.07) is 11.5. The molecule has 0 atom stereocenters. The van der Waals surface area contributed by atoms with Gasteiger partial charge in [-0.05, 0) is 42.5 Å². The molecular weight excluding hydrogens is 368 g/mol. The van der Waals surface area contributed by atoms with Gasteiger partial charge in [-0.3, -0.25) is 4.79 Å². The lowest BCUT2D eigenvalue weighted by atomic mass is 10.2. The molecule has 1 amide bonds. The fraction of sp³-hybridized carbons (Fsp3) is 0.100. The molecule has 1 aromatic heterocycles. The van der Waals surface area contributed by atoms with Crippen molar-refractivity contribution in [3.05, 3.63) is 71.9 Å². The van der Waals surface area contributed by atoms with E-state index in [-0.39, 0.29) is 5.91 Å². The van der Waals surface area contributed by atoms with Crippen LogP contribution in [-0.2, 0) is 0 Å². The van der Waals surface area contributed by atoms with Gasteiger partial charge in [0.25, 0.3) is 5.91 Å². The Hall–Kier alpha value is -3.68. The van der Waals surface area contributed by atoms with Crippen molar-refractivity contribution in [1.29, 1.82) is 0 Å². The summed E-state index contributed by atoms with van der Waals surface area (Å²) in [6.07, 6.45) is 1.46. The minimum absolute atomic E-state index is 0.329. The molecule has 2 aromatic carbocycles. The third-order valence-electron chi connectivity index (χ3n) is 3.86. The highest BCUT2D eigenvalue weighted by Crippen LogP contribution is 2.28. The number of hydrogen-bond acceptors (Lipinski definition) is 5. The molecule has 3 rings (SSSR count). The molecule has 6 nitrogen and oxygen atoms in total. The number of ether oxygens (including phenoxy) is 2. The molecule has 0 saturated heterocycles. The van der Waals surface area contributed by atoms with Crippen LogP contribution < -0.4 is 20.1 Å². The zero-order chi connectivity index (χ0) is 20.1. The molecule has 0 aliphatic carbocycles. The van der Waals surface area contributed by atoms with Crippen LogP contribution in [0.2, 0.25) is 0 Å². The monoisotopic (exact) mass is 385 g/mol. The van der Waals surface area contributed by atoms with Gasteiger partial charge in [-0.15, -0.1) is 0 Å². The number of nitrogens with zero attached hydrogens (tertiary/aromatic N) is 1. The predicted octanol–water partition coefficient (Wildman–Crippen LogP) is 4.37. The van der Waals surface area contributed by atoms with Crippen molar-refractivity contribution in [2.75, 3.05) is 24.9 Å². The number of hydrogen-bond donors (Lipinski definition) is 2. The second-order valence-corrected chi connectivity index (χ2v) is 5.71. The second kappa shape index (κ2) is 8.34. The number of aromatic nitrogens is 1. The summed E-state index contributed by atoms with van der Waals surface area (Å²) in [5.74, 6) is -0.946. The molecular formula is C20H17F2N3O3. The van der Waals surface area contributed by atoms with E-state index in [1.807, 2.05) is 0 Å². The highest BCUT2D eigenvalue weighted by Gasteiger charge is 2.11. The quantitative estimate of drug-likeness (QED) is 0.659. The van der Waals surface area contributed by atoms with Crippen LogP contribution in [0, 0.1) is 11.6 Å². The number of anilines is 3. The number of halogens is 2. The van der Waals surface area contributed by atoms with Crippen molar-refractivity contribution in [3.8, 4) is 11.5 Å². The lowest BCUT2D eigenvalue weighted by Gasteiger charge is -2.10. The fourth-order valence-corrected chi connectivity index (χ4v) is 2.45. The Kier molecular flexibility index (Phi) is 5.69. The van der Waals surface area contributed by atoms with Gasteiger partial charge >= 0.3 is 0 Å². The number of rotatable bonds is 6. The van der Waals surface area contributed by atoms with Crippen LogP contribution in [-0.4, -0.2) is 25.1 Å². The first-order valence-corrected chi connectivity index (χ1v) is 8.21. The van der Waals surface area contributed by atoms with Crippen molar-refractivity contribution in [1.82, 2.24) is 4.98 Å². The average molecular weight is 385 g/mol. The molecule has 0 bridgehead atoms. The van der Waals surface area contributed by atoms with E-state index < -0.39 is 11.6 Å². The van der Waals surface area contributed by atoms with Gasteiger partial charge < -0.3 is 20.1 Å². The fourth-order valence-electron chi connectivity index (χ4n) is 2.45. The smallest absolute Gasteiger partial charge is 0.256 e. The van der Waals surface area contributed by atoms with Gasteiger partial charge in [0, 0.05) is 17.3 Å². The summed E-state index contributed by atoms with van der Waals surface area (Å²) in [4.78, 5) is 16.5. The molecule has 0 spiro atoms. The van der Waals surface area contributed by atoms with E-state index in [1.54, 1.807) is 30.3 Å². The van der Waals surface area contributed by atoms with Crippen LogP contribution in [0.1, 0.15) is 10.4 Å². The van der Waals surface area contributed by atoms with Gasteiger partial charge in [0.1, 0.15) is 5.82 Å². The van der Waals surface area contributed by atoms with Crippen LogP contribution in [0.5, 0.6) is 11.5 Å². The minimum atomic E-state index is -0.947. The van der Waals surface area contributed by atoms with E-state index in [9.17, 15) is 13.6 Å². The van der Waals surface area contributed by atoms with Crippen molar-refractivity contribution in [2.24, 2.45) is 0 Å². The summed E-state index contributed by atoms with van der Waals surface area (Å²) in [7, 11) is 3.00. The topological polar surface area (TPSA) is 72.5 Å². The van der Waals surface area contributed by atoms with Crippen LogP contribution in [0.4, 0.5) is 26.0 Å². The van der Waals surface area contributed by atoms with Crippen LogP contribution in [0.15, 0.2) is 54.7 Å². The molecule has 28 heavy (non-hydrogen) atoms. The molecule has 3 aromatic rings. The summed E-state index contributed by atoms with van der Waals surface area (Å²) < 4.78 is 36.6. The van der Waals surface area contributed by atoms with Crippen LogP contribution in [0.25, 0.3) is 0 Å². The Morgan fingerprint density at radius 2 is 1.64 bits per heavy atom. The van der Waals surface area contributed by atoms with Crippen molar-refractivity contribution >= 4 is 23.1 Å². The van der Waals surface area contributed by atoms with Gasteiger partial charge in [-0.2, -0.15) is 0 Å². The second-order valence-electron chi connectivity index (χ2n) is 5.71. The molecule has 0 radical (unpaired) electrons. The Morgan fingerprint density at radius 1 is 0.893 bits per heavy atom. The SMILES string of the molecule is COc1ccc(C(=O)Nc2ccc(Nc3ccc(F)c(F)c3)cn2)cc1OC. The molecule has 0 aliphatic rings. The Labute approximate surface area is 160 Å². The summed E-state index contributed by atoms with van der Waals surface area (Å²) in [5.41, 5.74) is 1.31. The largest absolute Gasteiger partial charge is 0.493 e. The summed E-state index contributed by atoms with van der Waals surface area (Å²) in [5, 5.41) is 5.57. The highest BCUT2D eigenvalue weighted by molar-refractivity contribution is 6.04. The maximum absolute atomic E-state index is 13.3. The number of nitrogens with one attached hydrogen (secondary N) is 2. The maximum atomic E-state index is 13.3. The van der Waals surface area contributed by atoms with Crippen molar-refractivity contribution in [2.45, 2.75) is 0 Å². The van der Waals surface area contributed by atoms with E-state index in [0.717, 1.165) is 12.1 Å².